The van der Waals surface area contributed by atoms with E-state index in [-0.39, 0.29) is 17.0 Å². The Balaban J connectivity index is 1.77. The van der Waals surface area contributed by atoms with E-state index in [1.54, 1.807) is 9.47 Å². The number of hydrogen-bond donors (Lipinski definition) is 0. The highest BCUT2D eigenvalue weighted by Crippen LogP contribution is 2.36. The lowest BCUT2D eigenvalue weighted by molar-refractivity contribution is -0.122. The molecule has 0 unspecified atom stereocenters. The van der Waals surface area contributed by atoms with Crippen LogP contribution in [-0.2, 0) is 17.8 Å². The summed E-state index contributed by atoms with van der Waals surface area (Å²) in [6.45, 7) is 6.70. The van der Waals surface area contributed by atoms with Gasteiger partial charge in [0.2, 0.25) is 0 Å². The molecule has 2 aliphatic rings. The van der Waals surface area contributed by atoms with Gasteiger partial charge in [0.15, 0.2) is 0 Å². The van der Waals surface area contributed by atoms with E-state index in [9.17, 15) is 14.9 Å². The zero-order valence-corrected chi connectivity index (χ0v) is 23.3. The van der Waals surface area contributed by atoms with E-state index < -0.39 is 0 Å². The molecule has 0 bridgehead atoms. The number of aromatic nitrogens is 1. The highest BCUT2D eigenvalue weighted by atomic mass is 32.2. The van der Waals surface area contributed by atoms with Crippen LogP contribution in [-0.4, -0.2) is 39.3 Å². The van der Waals surface area contributed by atoms with Gasteiger partial charge in [0, 0.05) is 31.7 Å². The van der Waals surface area contributed by atoms with E-state index in [0.717, 1.165) is 62.1 Å². The van der Waals surface area contributed by atoms with E-state index in [2.05, 4.69) is 17.9 Å². The molecule has 6 nitrogen and oxygen atoms in total. The Hall–Kier alpha value is -2.89. The second-order valence-corrected chi connectivity index (χ2v) is 11.3. The quantitative estimate of drug-likeness (QED) is 0.322. The zero-order chi connectivity index (χ0) is 26.4. The van der Waals surface area contributed by atoms with Crippen LogP contribution in [0, 0.1) is 18.3 Å². The van der Waals surface area contributed by atoms with E-state index in [1.807, 2.05) is 43.3 Å². The van der Waals surface area contributed by atoms with Crippen LogP contribution in [0.2, 0.25) is 0 Å². The van der Waals surface area contributed by atoms with Gasteiger partial charge in [-0.2, -0.15) is 5.26 Å². The molecule has 2 aromatic rings. The molecule has 0 atom stereocenters. The molecule has 8 heteroatoms. The smallest absolute Gasteiger partial charge is 0.270 e. The van der Waals surface area contributed by atoms with Crippen molar-refractivity contribution in [2.45, 2.75) is 65.3 Å². The lowest BCUT2D eigenvalue weighted by Crippen LogP contribution is -2.35. The van der Waals surface area contributed by atoms with Crippen molar-refractivity contribution in [2.75, 3.05) is 24.5 Å². The highest BCUT2D eigenvalue weighted by Gasteiger charge is 2.33. The number of thiocarbonyl (C=S) groups is 1. The molecule has 2 saturated heterocycles. The molecule has 1 amide bonds. The predicted molar refractivity (Wildman–Crippen MR) is 156 cm³/mol. The van der Waals surface area contributed by atoms with Crippen LogP contribution >= 0.6 is 24.0 Å². The standard InChI is InChI=1S/C29H34N4O2S2/c1-3-4-17-32-26(31-15-10-5-6-11-16-31)23(21(2)24(20-30)27(32)34)19-25-28(35)33(29(36)37-25)18-14-22-12-8-7-9-13-22/h7-9,12-13,19H,3-6,10-11,14-18H2,1-2H3/b25-19+. The lowest BCUT2D eigenvalue weighted by atomic mass is 10.0. The van der Waals surface area contributed by atoms with Crippen LogP contribution in [0.3, 0.4) is 0 Å². The number of benzene rings is 1. The number of nitriles is 1. The topological polar surface area (TPSA) is 69.3 Å². The summed E-state index contributed by atoms with van der Waals surface area (Å²) in [6, 6.07) is 12.2. The first-order valence-electron chi connectivity index (χ1n) is 13.2. The monoisotopic (exact) mass is 534 g/mol. The molecule has 0 saturated carbocycles. The minimum absolute atomic E-state index is 0.114. The molecule has 4 rings (SSSR count). The minimum Gasteiger partial charge on any atom is -0.357 e. The minimum atomic E-state index is -0.236. The number of nitrogens with zero attached hydrogens (tertiary/aromatic N) is 4. The summed E-state index contributed by atoms with van der Waals surface area (Å²) in [5.41, 5.74) is 2.49. The number of thioether (sulfide) groups is 1. The fourth-order valence-electron chi connectivity index (χ4n) is 5.00. The predicted octanol–water partition coefficient (Wildman–Crippen LogP) is 5.65. The van der Waals surface area contributed by atoms with E-state index >= 15 is 0 Å². The number of pyridine rings is 1. The van der Waals surface area contributed by atoms with E-state index in [0.29, 0.717) is 27.9 Å². The summed E-state index contributed by atoms with van der Waals surface area (Å²) in [7, 11) is 0. The summed E-state index contributed by atoms with van der Waals surface area (Å²) in [5, 5.41) is 9.90. The van der Waals surface area contributed by atoms with Crippen molar-refractivity contribution in [1.82, 2.24) is 9.47 Å². The molecule has 2 aliphatic heterocycles. The molecule has 1 aromatic carbocycles. The van der Waals surface area contributed by atoms with Crippen LogP contribution in [0.5, 0.6) is 0 Å². The number of carbonyl (C=O) groups excluding carboxylic acids is 1. The average molecular weight is 535 g/mol. The highest BCUT2D eigenvalue weighted by molar-refractivity contribution is 8.26. The second kappa shape index (κ2) is 12.6. The molecule has 37 heavy (non-hydrogen) atoms. The van der Waals surface area contributed by atoms with Gasteiger partial charge in [-0.25, -0.2) is 0 Å². The SMILES string of the molecule is CCCCn1c(N2CCCCCC2)c(/C=C2/SC(=S)N(CCc3ccccc3)C2=O)c(C)c(C#N)c1=O. The maximum Gasteiger partial charge on any atom is 0.270 e. The first kappa shape index (κ1) is 27.2. The van der Waals surface area contributed by atoms with Crippen LogP contribution in [0.25, 0.3) is 6.08 Å². The average Bonchev–Trinajstić information content (AvgIpc) is 3.06. The summed E-state index contributed by atoms with van der Waals surface area (Å²) >= 11 is 6.90. The largest absolute Gasteiger partial charge is 0.357 e. The van der Waals surface area contributed by atoms with Gasteiger partial charge >= 0.3 is 0 Å². The number of amides is 1. The molecular weight excluding hydrogens is 500 g/mol. The maximum absolute atomic E-state index is 13.5. The molecule has 0 radical (unpaired) electrons. The molecule has 194 valence electrons. The molecule has 2 fully saturated rings. The van der Waals surface area contributed by atoms with E-state index in [1.165, 1.54) is 24.6 Å². The third-order valence-corrected chi connectivity index (χ3v) is 8.48. The van der Waals surface area contributed by atoms with Crippen molar-refractivity contribution in [2.24, 2.45) is 0 Å². The van der Waals surface area contributed by atoms with Crippen LogP contribution in [0.4, 0.5) is 5.82 Å². The van der Waals surface area contributed by atoms with Crippen molar-refractivity contribution >= 4 is 46.1 Å². The van der Waals surface area contributed by atoms with Gasteiger partial charge in [-0.15, -0.1) is 0 Å². The van der Waals surface area contributed by atoms with Gasteiger partial charge in [-0.3, -0.25) is 19.1 Å². The Morgan fingerprint density at radius 1 is 1.08 bits per heavy atom. The lowest BCUT2D eigenvalue weighted by Gasteiger charge is -2.29. The zero-order valence-electron chi connectivity index (χ0n) is 21.7. The Morgan fingerprint density at radius 2 is 1.78 bits per heavy atom. The van der Waals surface area contributed by atoms with Crippen molar-refractivity contribution in [1.29, 1.82) is 5.26 Å². The maximum atomic E-state index is 13.5. The van der Waals surface area contributed by atoms with Crippen LogP contribution in [0.1, 0.15) is 67.7 Å². The molecular formula is C29H34N4O2S2. The summed E-state index contributed by atoms with van der Waals surface area (Å²) < 4.78 is 2.32. The number of hydrogen-bond acceptors (Lipinski definition) is 6. The fourth-order valence-corrected chi connectivity index (χ4v) is 6.29. The van der Waals surface area contributed by atoms with Crippen molar-refractivity contribution in [3.05, 3.63) is 67.8 Å². The summed E-state index contributed by atoms with van der Waals surface area (Å²) in [5.74, 6) is 0.725. The van der Waals surface area contributed by atoms with Crippen molar-refractivity contribution < 1.29 is 4.79 Å². The number of rotatable bonds is 8. The van der Waals surface area contributed by atoms with Gasteiger partial charge in [-0.1, -0.05) is 80.5 Å². The van der Waals surface area contributed by atoms with Gasteiger partial charge in [0.05, 0.1) is 4.91 Å². The second-order valence-electron chi connectivity index (χ2n) is 9.63. The first-order chi connectivity index (χ1) is 18.0. The Bertz CT molecular complexity index is 1290. The summed E-state index contributed by atoms with van der Waals surface area (Å²) in [4.78, 5) is 31.4. The molecule has 0 aliphatic carbocycles. The third kappa shape index (κ3) is 6.00. The van der Waals surface area contributed by atoms with Gasteiger partial charge in [0.1, 0.15) is 21.8 Å². The molecule has 1 aromatic heterocycles. The summed E-state index contributed by atoms with van der Waals surface area (Å²) in [6.07, 6.45) is 8.83. The van der Waals surface area contributed by atoms with Crippen LogP contribution < -0.4 is 10.5 Å². The van der Waals surface area contributed by atoms with Gasteiger partial charge < -0.3 is 4.90 Å². The van der Waals surface area contributed by atoms with Crippen LogP contribution in [0.15, 0.2) is 40.0 Å². The Kier molecular flexibility index (Phi) is 9.23. The van der Waals surface area contributed by atoms with Gasteiger partial charge in [0.25, 0.3) is 11.5 Å². The Labute approximate surface area is 229 Å². The van der Waals surface area contributed by atoms with Crippen molar-refractivity contribution in [3.8, 4) is 6.07 Å². The third-order valence-electron chi connectivity index (χ3n) is 7.10. The number of anilines is 1. The van der Waals surface area contributed by atoms with Crippen molar-refractivity contribution in [3.63, 3.8) is 0 Å². The molecule has 0 N–H and O–H groups in total. The first-order valence-corrected chi connectivity index (χ1v) is 14.4. The molecule has 3 heterocycles. The van der Waals surface area contributed by atoms with E-state index in [4.69, 9.17) is 12.2 Å². The fraction of sp³-hybridized carbons (Fsp3) is 0.448. The Morgan fingerprint density at radius 3 is 2.43 bits per heavy atom. The molecule has 0 spiro atoms. The normalized spacial score (nSPS) is 17.4. The number of unbranched alkanes of at least 4 members (excludes halogenated alkanes) is 1. The van der Waals surface area contributed by atoms with Gasteiger partial charge in [-0.05, 0) is 49.8 Å². The number of carbonyl (C=O) groups is 1.